The van der Waals surface area contributed by atoms with Gasteiger partial charge in [-0.1, -0.05) is 15.9 Å². The van der Waals surface area contributed by atoms with Crippen molar-refractivity contribution in [2.45, 2.75) is 0 Å². The average molecular weight is 328 g/mol. The van der Waals surface area contributed by atoms with E-state index in [2.05, 4.69) is 26.1 Å². The van der Waals surface area contributed by atoms with Crippen LogP contribution in [0.4, 0.5) is 5.69 Å². The number of amides is 1. The van der Waals surface area contributed by atoms with Gasteiger partial charge in [-0.2, -0.15) is 0 Å². The third-order valence-corrected chi connectivity index (χ3v) is 3.57. The van der Waals surface area contributed by atoms with Crippen LogP contribution in [-0.2, 0) is 4.74 Å². The van der Waals surface area contributed by atoms with E-state index in [1.54, 1.807) is 12.1 Å². The number of hydrogen-bond acceptors (Lipinski definition) is 4. The summed E-state index contributed by atoms with van der Waals surface area (Å²) >= 11 is 3.32. The van der Waals surface area contributed by atoms with Crippen LogP contribution in [0.1, 0.15) is 10.4 Å². The Morgan fingerprint density at radius 1 is 1.42 bits per heavy atom. The molecule has 1 saturated heterocycles. The SMILES string of the molecule is Nc1cc(Br)ccc1C(=O)NCCN1CCOCC1. The number of hydrogen-bond donors (Lipinski definition) is 2. The highest BCUT2D eigenvalue weighted by Crippen LogP contribution is 2.18. The first-order valence-corrected chi connectivity index (χ1v) is 7.09. The minimum atomic E-state index is -0.127. The molecule has 1 amide bonds. The lowest BCUT2D eigenvalue weighted by molar-refractivity contribution is 0.0383. The number of nitrogen functional groups attached to an aromatic ring is 1. The summed E-state index contributed by atoms with van der Waals surface area (Å²) in [5.41, 5.74) is 6.82. The predicted octanol–water partition coefficient (Wildman–Crippen LogP) is 1.09. The van der Waals surface area contributed by atoms with Crippen LogP contribution in [0.15, 0.2) is 22.7 Å². The molecule has 6 heteroatoms. The Labute approximate surface area is 121 Å². The van der Waals surface area contributed by atoms with Crippen LogP contribution in [0.3, 0.4) is 0 Å². The first kappa shape index (κ1) is 14.3. The number of morpholine rings is 1. The van der Waals surface area contributed by atoms with E-state index in [9.17, 15) is 4.79 Å². The number of rotatable bonds is 4. The fraction of sp³-hybridized carbons (Fsp3) is 0.462. The molecule has 2 rings (SSSR count). The summed E-state index contributed by atoms with van der Waals surface area (Å²) < 4.78 is 6.14. The molecule has 1 heterocycles. The molecule has 3 N–H and O–H groups in total. The topological polar surface area (TPSA) is 67.6 Å². The highest BCUT2D eigenvalue weighted by Gasteiger charge is 2.12. The summed E-state index contributed by atoms with van der Waals surface area (Å²) in [4.78, 5) is 14.2. The largest absolute Gasteiger partial charge is 0.398 e. The normalized spacial score (nSPS) is 16.3. The van der Waals surface area contributed by atoms with Gasteiger partial charge in [0, 0.05) is 36.3 Å². The predicted molar refractivity (Wildman–Crippen MR) is 78.1 cm³/mol. The van der Waals surface area contributed by atoms with Crippen LogP contribution >= 0.6 is 15.9 Å². The minimum absolute atomic E-state index is 0.127. The number of nitrogens with one attached hydrogen (secondary N) is 1. The molecule has 0 aliphatic carbocycles. The molecule has 0 radical (unpaired) electrons. The molecule has 19 heavy (non-hydrogen) atoms. The van der Waals surface area contributed by atoms with Crippen molar-refractivity contribution in [2.75, 3.05) is 45.1 Å². The van der Waals surface area contributed by atoms with Crippen molar-refractivity contribution in [3.8, 4) is 0 Å². The number of benzene rings is 1. The molecule has 1 aliphatic heterocycles. The van der Waals surface area contributed by atoms with Crippen molar-refractivity contribution in [1.29, 1.82) is 0 Å². The molecule has 1 aromatic carbocycles. The second kappa shape index (κ2) is 6.88. The Morgan fingerprint density at radius 3 is 2.84 bits per heavy atom. The average Bonchev–Trinajstić information content (AvgIpc) is 2.39. The lowest BCUT2D eigenvalue weighted by Gasteiger charge is -2.26. The Hall–Kier alpha value is -1.11. The Morgan fingerprint density at radius 2 is 2.16 bits per heavy atom. The fourth-order valence-electron chi connectivity index (χ4n) is 1.99. The molecule has 0 atom stereocenters. The highest BCUT2D eigenvalue weighted by atomic mass is 79.9. The monoisotopic (exact) mass is 327 g/mol. The number of halogens is 1. The fourth-order valence-corrected chi connectivity index (χ4v) is 2.37. The molecule has 0 aromatic heterocycles. The summed E-state index contributed by atoms with van der Waals surface area (Å²) in [7, 11) is 0. The quantitative estimate of drug-likeness (QED) is 0.812. The number of anilines is 1. The number of carbonyl (C=O) groups excluding carboxylic acids is 1. The van der Waals surface area contributed by atoms with Gasteiger partial charge in [-0.05, 0) is 18.2 Å². The lowest BCUT2D eigenvalue weighted by Crippen LogP contribution is -2.41. The second-order valence-electron chi connectivity index (χ2n) is 4.44. The van der Waals surface area contributed by atoms with Crippen LogP contribution in [0.25, 0.3) is 0 Å². The summed E-state index contributed by atoms with van der Waals surface area (Å²) in [5, 5.41) is 2.89. The van der Waals surface area contributed by atoms with Crippen LogP contribution in [0.2, 0.25) is 0 Å². The van der Waals surface area contributed by atoms with Gasteiger partial charge in [0.1, 0.15) is 0 Å². The maximum atomic E-state index is 12.0. The van der Waals surface area contributed by atoms with E-state index >= 15 is 0 Å². The van der Waals surface area contributed by atoms with Crippen molar-refractivity contribution < 1.29 is 9.53 Å². The van der Waals surface area contributed by atoms with Crippen LogP contribution < -0.4 is 11.1 Å². The molecule has 0 bridgehead atoms. The van der Waals surface area contributed by atoms with Gasteiger partial charge in [0.25, 0.3) is 5.91 Å². The van der Waals surface area contributed by atoms with Gasteiger partial charge in [-0.3, -0.25) is 9.69 Å². The van der Waals surface area contributed by atoms with Gasteiger partial charge in [-0.25, -0.2) is 0 Å². The van der Waals surface area contributed by atoms with Gasteiger partial charge in [0.05, 0.1) is 18.8 Å². The third-order valence-electron chi connectivity index (χ3n) is 3.08. The standard InChI is InChI=1S/C13H18BrN3O2/c14-10-1-2-11(12(15)9-10)13(18)16-3-4-17-5-7-19-8-6-17/h1-2,9H,3-8,15H2,(H,16,18). The molecule has 0 unspecified atom stereocenters. The van der Waals surface area contributed by atoms with Crippen molar-refractivity contribution >= 4 is 27.5 Å². The van der Waals surface area contributed by atoms with Gasteiger partial charge in [-0.15, -0.1) is 0 Å². The van der Waals surface area contributed by atoms with E-state index in [0.717, 1.165) is 37.3 Å². The summed E-state index contributed by atoms with van der Waals surface area (Å²) in [6.45, 7) is 4.85. The first-order chi connectivity index (χ1) is 9.16. The van der Waals surface area contributed by atoms with E-state index in [4.69, 9.17) is 10.5 Å². The van der Waals surface area contributed by atoms with E-state index in [-0.39, 0.29) is 5.91 Å². The minimum Gasteiger partial charge on any atom is -0.398 e. The van der Waals surface area contributed by atoms with E-state index < -0.39 is 0 Å². The van der Waals surface area contributed by atoms with Crippen molar-refractivity contribution in [1.82, 2.24) is 10.2 Å². The molecule has 1 aliphatic rings. The molecule has 0 saturated carbocycles. The summed E-state index contributed by atoms with van der Waals surface area (Å²) in [6, 6.07) is 5.27. The number of ether oxygens (including phenoxy) is 1. The molecular weight excluding hydrogens is 310 g/mol. The zero-order chi connectivity index (χ0) is 13.7. The van der Waals surface area contributed by atoms with Gasteiger partial charge >= 0.3 is 0 Å². The Bertz CT molecular complexity index is 448. The molecule has 1 aromatic rings. The van der Waals surface area contributed by atoms with Crippen LogP contribution in [0, 0.1) is 0 Å². The van der Waals surface area contributed by atoms with E-state index in [0.29, 0.717) is 17.8 Å². The molecule has 0 spiro atoms. The number of nitrogens with two attached hydrogens (primary N) is 1. The summed E-state index contributed by atoms with van der Waals surface area (Å²) in [5.74, 6) is -0.127. The van der Waals surface area contributed by atoms with Crippen molar-refractivity contribution in [2.24, 2.45) is 0 Å². The van der Waals surface area contributed by atoms with E-state index in [1.165, 1.54) is 0 Å². The highest BCUT2D eigenvalue weighted by molar-refractivity contribution is 9.10. The van der Waals surface area contributed by atoms with Gasteiger partial charge < -0.3 is 15.8 Å². The molecule has 104 valence electrons. The second-order valence-corrected chi connectivity index (χ2v) is 5.36. The maximum Gasteiger partial charge on any atom is 0.253 e. The third kappa shape index (κ3) is 4.19. The van der Waals surface area contributed by atoms with Crippen LogP contribution in [0.5, 0.6) is 0 Å². The van der Waals surface area contributed by atoms with Crippen molar-refractivity contribution in [3.05, 3.63) is 28.2 Å². The van der Waals surface area contributed by atoms with Crippen LogP contribution in [-0.4, -0.2) is 50.2 Å². The van der Waals surface area contributed by atoms with Crippen molar-refractivity contribution in [3.63, 3.8) is 0 Å². The zero-order valence-electron chi connectivity index (χ0n) is 10.7. The smallest absolute Gasteiger partial charge is 0.253 e. The maximum absolute atomic E-state index is 12.0. The molecule has 1 fully saturated rings. The number of nitrogens with zero attached hydrogens (tertiary/aromatic N) is 1. The number of carbonyl (C=O) groups is 1. The molecule has 5 nitrogen and oxygen atoms in total. The lowest BCUT2D eigenvalue weighted by atomic mass is 10.1. The Balaban J connectivity index is 1.80. The summed E-state index contributed by atoms with van der Waals surface area (Å²) in [6.07, 6.45) is 0. The first-order valence-electron chi connectivity index (χ1n) is 6.30. The molecular formula is C13H18BrN3O2. The Kier molecular flexibility index (Phi) is 5.18. The van der Waals surface area contributed by atoms with Gasteiger partial charge in [0.2, 0.25) is 0 Å². The van der Waals surface area contributed by atoms with E-state index in [1.807, 2.05) is 6.07 Å². The van der Waals surface area contributed by atoms with Gasteiger partial charge in [0.15, 0.2) is 0 Å². The zero-order valence-corrected chi connectivity index (χ0v) is 12.3.